The van der Waals surface area contributed by atoms with E-state index < -0.39 is 14.1 Å². The van der Waals surface area contributed by atoms with Crippen LogP contribution in [0.5, 0.6) is 11.5 Å². The average Bonchev–Trinajstić information content (AvgIpc) is 3.08. The van der Waals surface area contributed by atoms with Gasteiger partial charge in [-0.25, -0.2) is 0 Å². The van der Waals surface area contributed by atoms with Crippen molar-refractivity contribution in [2.45, 2.75) is 56.8 Å². The summed E-state index contributed by atoms with van der Waals surface area (Å²) in [5.41, 5.74) is 0.765. The molecule has 1 aliphatic carbocycles. The van der Waals surface area contributed by atoms with Crippen molar-refractivity contribution >= 4 is 0 Å². The number of nitrogens with zero attached hydrogens (tertiary/aromatic N) is 1. The summed E-state index contributed by atoms with van der Waals surface area (Å²) in [5, 5.41) is 9.86. The fraction of sp³-hybridized carbons (Fsp3) is 0.700. The summed E-state index contributed by atoms with van der Waals surface area (Å²) in [6.45, 7) is 2.04. The molecule has 0 spiro atoms. The van der Waals surface area contributed by atoms with Gasteiger partial charge in [0, 0.05) is 19.1 Å². The van der Waals surface area contributed by atoms with Gasteiger partial charge in [-0.2, -0.15) is 0 Å². The van der Waals surface area contributed by atoms with Crippen molar-refractivity contribution in [1.29, 1.82) is 0 Å². The van der Waals surface area contributed by atoms with Crippen LogP contribution in [-0.4, -0.2) is 62.0 Å². The summed E-state index contributed by atoms with van der Waals surface area (Å²) >= 11 is 0. The van der Waals surface area contributed by atoms with Crippen LogP contribution in [0.25, 0.3) is 0 Å². The third-order valence-electron chi connectivity index (χ3n) is 5.28. The molecule has 0 amide bonds. The van der Waals surface area contributed by atoms with Crippen molar-refractivity contribution in [3.8, 4) is 11.5 Å². The minimum Gasteiger partial charge on any atom is -0.493 e. The van der Waals surface area contributed by atoms with Crippen molar-refractivity contribution in [2.24, 2.45) is 0 Å². The molecule has 0 radical (unpaired) electrons. The van der Waals surface area contributed by atoms with Gasteiger partial charge in [0.1, 0.15) is 0 Å². The maximum atomic E-state index is 9.86. The fourth-order valence-electron chi connectivity index (χ4n) is 3.96. The molecule has 0 aromatic heterocycles. The lowest BCUT2D eigenvalue weighted by Gasteiger charge is -2.37. The van der Waals surface area contributed by atoms with Gasteiger partial charge in [0.05, 0.1) is 41.1 Å². The highest BCUT2D eigenvalue weighted by Gasteiger charge is 2.34. The van der Waals surface area contributed by atoms with E-state index in [-0.39, 0.29) is 23.7 Å². The van der Waals surface area contributed by atoms with Gasteiger partial charge in [0.2, 0.25) is 0 Å². The van der Waals surface area contributed by atoms with Gasteiger partial charge in [-0.1, -0.05) is 18.9 Å². The van der Waals surface area contributed by atoms with E-state index in [1.54, 1.807) is 6.07 Å². The summed E-state index contributed by atoms with van der Waals surface area (Å²) in [6.07, 6.45) is 5.51. The molecule has 25 heavy (non-hydrogen) atoms. The number of ether oxygens (including phenoxy) is 3. The van der Waals surface area contributed by atoms with E-state index in [0.717, 1.165) is 44.2 Å². The Balaban J connectivity index is 1.61. The number of methoxy groups -OCH3 is 2. The maximum absolute atomic E-state index is 9.86. The van der Waals surface area contributed by atoms with Crippen LogP contribution in [0, 0.1) is 0 Å². The molecule has 1 saturated carbocycles. The largest absolute Gasteiger partial charge is 0.493 e. The fourth-order valence-corrected chi connectivity index (χ4v) is 3.96. The van der Waals surface area contributed by atoms with Gasteiger partial charge in [0.15, 0.2) is 11.5 Å². The number of aliphatic hydroxyl groups excluding tert-OH is 1. The van der Waals surface area contributed by atoms with Crippen molar-refractivity contribution in [2.75, 3.05) is 33.8 Å². The second-order valence-electron chi connectivity index (χ2n) is 6.93. The zero-order valence-corrected chi connectivity index (χ0v) is 14.4. The van der Waals surface area contributed by atoms with Crippen LogP contribution < -0.4 is 9.47 Å². The van der Waals surface area contributed by atoms with Gasteiger partial charge >= 0.3 is 0 Å². The lowest BCUT2D eigenvalue weighted by atomic mass is 9.91. The van der Waals surface area contributed by atoms with E-state index in [2.05, 4.69) is 4.90 Å². The number of aliphatic hydroxyl groups is 1. The van der Waals surface area contributed by atoms with E-state index in [4.69, 9.17) is 22.4 Å². The van der Waals surface area contributed by atoms with Crippen molar-refractivity contribution in [3.05, 3.63) is 23.8 Å². The van der Waals surface area contributed by atoms with Gasteiger partial charge in [-0.15, -0.1) is 0 Å². The quantitative estimate of drug-likeness (QED) is 0.815. The molecule has 5 heteroatoms. The van der Waals surface area contributed by atoms with Crippen LogP contribution in [0.15, 0.2) is 18.2 Å². The molecule has 1 aromatic carbocycles. The third-order valence-corrected chi connectivity index (χ3v) is 5.28. The predicted molar refractivity (Wildman–Crippen MR) is 97.4 cm³/mol. The Morgan fingerprint density at radius 2 is 2.00 bits per heavy atom. The monoisotopic (exact) mass is 355 g/mol. The van der Waals surface area contributed by atoms with E-state index in [9.17, 15) is 5.11 Å². The van der Waals surface area contributed by atoms with Crippen LogP contribution in [0.2, 0.25) is 0 Å². The topological polar surface area (TPSA) is 51.2 Å². The highest BCUT2D eigenvalue weighted by molar-refractivity contribution is 5.42. The summed E-state index contributed by atoms with van der Waals surface area (Å²) < 4.78 is 59.8. The standard InChI is InChI=1S/C20H31NO4/c1-23-19-8-7-15(13-20(19)24-2)10-12-25-18-6-4-3-5-17(18)21-11-9-16(22)14-21/h7-8,13,16-18,22H,3-6,9-12,14H2,1-2H3/t16-,17?,18+/m1/s1/i1D3,2D3. The second-order valence-corrected chi connectivity index (χ2v) is 6.93. The number of rotatable bonds is 7. The van der Waals surface area contributed by atoms with Crippen molar-refractivity contribution in [3.63, 3.8) is 0 Å². The highest BCUT2D eigenvalue weighted by Crippen LogP contribution is 2.30. The minimum atomic E-state index is -2.72. The molecule has 1 unspecified atom stereocenters. The highest BCUT2D eigenvalue weighted by atomic mass is 16.5. The molecule has 1 aliphatic heterocycles. The maximum Gasteiger partial charge on any atom is 0.160 e. The number of hydrogen-bond donors (Lipinski definition) is 1. The number of β-amino-alcohol motifs (C(OH)–C–C–N with tert-alkyl or cyclic N) is 1. The second kappa shape index (κ2) is 8.88. The van der Waals surface area contributed by atoms with Gasteiger partial charge < -0.3 is 19.3 Å². The van der Waals surface area contributed by atoms with Gasteiger partial charge in [-0.05, 0) is 43.4 Å². The first-order chi connectivity index (χ1) is 14.5. The summed E-state index contributed by atoms with van der Waals surface area (Å²) in [6, 6.07) is 4.91. The van der Waals surface area contributed by atoms with Crippen LogP contribution >= 0.6 is 0 Å². The molecule has 140 valence electrons. The number of hydrogen-bond acceptors (Lipinski definition) is 5. The van der Waals surface area contributed by atoms with Crippen LogP contribution in [0.3, 0.4) is 0 Å². The molecule has 1 N–H and O–H groups in total. The van der Waals surface area contributed by atoms with Crippen molar-refractivity contribution < 1.29 is 27.5 Å². The SMILES string of the molecule is [2H]C([2H])([2H])Oc1ccc(CCO[C@H]2CCCCC2N2CC[C@@H](O)C2)cc1OC([2H])([2H])[2H]. The van der Waals surface area contributed by atoms with E-state index in [1.807, 2.05) is 0 Å². The molecule has 3 rings (SSSR count). The van der Waals surface area contributed by atoms with E-state index in [0.29, 0.717) is 25.6 Å². The molecular weight excluding hydrogens is 318 g/mol. The molecule has 1 saturated heterocycles. The molecule has 3 atom stereocenters. The summed E-state index contributed by atoms with van der Waals surface area (Å²) in [7, 11) is -5.44. The Bertz CT molecular complexity index is 727. The molecule has 1 aromatic rings. The zero-order valence-electron chi connectivity index (χ0n) is 20.4. The Labute approximate surface area is 159 Å². The molecule has 2 aliphatic rings. The minimum absolute atomic E-state index is 0.107. The first-order valence-corrected chi connectivity index (χ1v) is 9.05. The normalized spacial score (nSPS) is 32.0. The molecule has 0 bridgehead atoms. The smallest absolute Gasteiger partial charge is 0.160 e. The number of likely N-dealkylation sites (tertiary alicyclic amines) is 1. The molecule has 1 heterocycles. The average molecular weight is 356 g/mol. The van der Waals surface area contributed by atoms with Crippen molar-refractivity contribution in [1.82, 2.24) is 4.90 Å². The van der Waals surface area contributed by atoms with Crippen LogP contribution in [0.4, 0.5) is 0 Å². The number of benzene rings is 1. The Morgan fingerprint density at radius 1 is 1.16 bits per heavy atom. The Hall–Kier alpha value is -1.30. The first kappa shape index (κ1) is 12.2. The van der Waals surface area contributed by atoms with E-state index in [1.165, 1.54) is 12.1 Å². The summed E-state index contributed by atoms with van der Waals surface area (Å²) in [5.74, 6) is -0.268. The third kappa shape index (κ3) is 4.66. The van der Waals surface area contributed by atoms with E-state index >= 15 is 0 Å². The van der Waals surface area contributed by atoms with Gasteiger partial charge in [0.25, 0.3) is 0 Å². The first-order valence-electron chi connectivity index (χ1n) is 12.0. The zero-order chi connectivity index (χ0) is 22.6. The van der Waals surface area contributed by atoms with Crippen LogP contribution in [0.1, 0.15) is 45.9 Å². The molecular formula is C20H31NO4. The van der Waals surface area contributed by atoms with Crippen LogP contribution in [-0.2, 0) is 11.2 Å². The molecule has 2 fully saturated rings. The lowest BCUT2D eigenvalue weighted by Crippen LogP contribution is -2.46. The Kier molecular flexibility index (Phi) is 4.32. The lowest BCUT2D eigenvalue weighted by molar-refractivity contribution is -0.0316. The Morgan fingerprint density at radius 3 is 2.80 bits per heavy atom. The summed E-state index contributed by atoms with van der Waals surface area (Å²) in [4.78, 5) is 2.33. The molecule has 5 nitrogen and oxygen atoms in total. The van der Waals surface area contributed by atoms with Gasteiger partial charge in [-0.3, -0.25) is 4.90 Å². The predicted octanol–water partition coefficient (Wildman–Crippen LogP) is 2.64.